The van der Waals surface area contributed by atoms with Crippen LogP contribution in [0.3, 0.4) is 0 Å². The van der Waals surface area contributed by atoms with Crippen LogP contribution in [0.25, 0.3) is 6.08 Å². The molecule has 1 aromatic carbocycles. The largest absolute Gasteiger partial charge is 0.463 e. The molecule has 20 heavy (non-hydrogen) atoms. The van der Waals surface area contributed by atoms with Crippen LogP contribution in [0.4, 0.5) is 5.69 Å². The van der Waals surface area contributed by atoms with Crippen LogP contribution in [0.5, 0.6) is 0 Å². The summed E-state index contributed by atoms with van der Waals surface area (Å²) >= 11 is 0. The lowest BCUT2D eigenvalue weighted by molar-refractivity contribution is -0.137. The number of nitrogens with one attached hydrogen (secondary N) is 1. The zero-order chi connectivity index (χ0) is 14.8. The topological polar surface area (TPSA) is 75.6 Å². The average molecular weight is 277 g/mol. The highest BCUT2D eigenvalue weighted by molar-refractivity contribution is 5.91. The molecule has 2 N–H and O–H groups in total. The number of amides is 1. The first kappa shape index (κ1) is 15.9. The van der Waals surface area contributed by atoms with Crippen LogP contribution in [0, 0.1) is 0 Å². The maximum atomic E-state index is 11.4. The number of ether oxygens (including phenoxy) is 1. The Morgan fingerprint density at radius 3 is 2.60 bits per heavy atom. The summed E-state index contributed by atoms with van der Waals surface area (Å²) in [6.07, 6.45) is 3.75. The average Bonchev–Trinajstić information content (AvgIpc) is 2.45. The summed E-state index contributed by atoms with van der Waals surface area (Å²) in [7, 11) is 0. The highest BCUT2D eigenvalue weighted by atomic mass is 16.5. The molecule has 0 saturated carbocycles. The van der Waals surface area contributed by atoms with Crippen molar-refractivity contribution in [3.05, 3.63) is 35.9 Å². The van der Waals surface area contributed by atoms with Crippen molar-refractivity contribution >= 4 is 23.6 Å². The van der Waals surface area contributed by atoms with Gasteiger partial charge in [0.15, 0.2) is 0 Å². The second kappa shape index (κ2) is 8.87. The molecule has 0 atom stereocenters. The van der Waals surface area contributed by atoms with Gasteiger partial charge in [0.25, 0.3) is 0 Å². The van der Waals surface area contributed by atoms with E-state index in [1.165, 1.54) is 6.08 Å². The molecule has 0 unspecified atom stereocenters. The number of hydrogen-bond donors (Lipinski definition) is 2. The molecule has 0 spiro atoms. The van der Waals surface area contributed by atoms with Crippen molar-refractivity contribution in [2.24, 2.45) is 0 Å². The van der Waals surface area contributed by atoms with Gasteiger partial charge in [-0.25, -0.2) is 4.79 Å². The zero-order valence-corrected chi connectivity index (χ0v) is 11.5. The van der Waals surface area contributed by atoms with E-state index in [1.807, 2.05) is 0 Å². The van der Waals surface area contributed by atoms with Gasteiger partial charge in [0.1, 0.15) is 0 Å². The number of carbonyl (C=O) groups is 2. The molecular formula is C15H19NO4. The van der Waals surface area contributed by atoms with Crippen LogP contribution in [-0.4, -0.2) is 30.2 Å². The van der Waals surface area contributed by atoms with E-state index in [9.17, 15) is 9.59 Å². The minimum Gasteiger partial charge on any atom is -0.463 e. The molecule has 108 valence electrons. The van der Waals surface area contributed by atoms with Crippen LogP contribution >= 0.6 is 0 Å². The fourth-order valence-corrected chi connectivity index (χ4v) is 1.50. The van der Waals surface area contributed by atoms with Gasteiger partial charge in [-0.3, -0.25) is 4.79 Å². The minimum absolute atomic E-state index is 0.00497. The highest BCUT2D eigenvalue weighted by Gasteiger charge is 2.01. The number of carbonyl (C=O) groups excluding carboxylic acids is 2. The summed E-state index contributed by atoms with van der Waals surface area (Å²) in [5, 5.41) is 11.4. The fraction of sp³-hybridized carbons (Fsp3) is 0.333. The van der Waals surface area contributed by atoms with E-state index in [0.29, 0.717) is 25.1 Å². The van der Waals surface area contributed by atoms with E-state index in [1.54, 1.807) is 37.3 Å². The van der Waals surface area contributed by atoms with Gasteiger partial charge in [0.05, 0.1) is 6.61 Å². The van der Waals surface area contributed by atoms with Crippen LogP contribution < -0.4 is 5.32 Å². The third-order valence-electron chi connectivity index (χ3n) is 2.45. The van der Waals surface area contributed by atoms with E-state index >= 15 is 0 Å². The van der Waals surface area contributed by atoms with Crippen LogP contribution in [0.1, 0.15) is 25.3 Å². The number of aliphatic hydroxyl groups is 1. The van der Waals surface area contributed by atoms with E-state index in [0.717, 1.165) is 5.56 Å². The molecule has 1 aromatic rings. The van der Waals surface area contributed by atoms with Gasteiger partial charge in [-0.2, -0.15) is 0 Å². The molecule has 0 aliphatic rings. The second-order valence-electron chi connectivity index (χ2n) is 4.08. The van der Waals surface area contributed by atoms with Gasteiger partial charge in [0, 0.05) is 24.8 Å². The summed E-state index contributed by atoms with van der Waals surface area (Å²) < 4.78 is 4.77. The second-order valence-corrected chi connectivity index (χ2v) is 4.08. The summed E-state index contributed by atoms with van der Waals surface area (Å²) in [5.74, 6) is -0.511. The van der Waals surface area contributed by atoms with E-state index in [4.69, 9.17) is 9.84 Å². The third-order valence-corrected chi connectivity index (χ3v) is 2.45. The van der Waals surface area contributed by atoms with E-state index in [-0.39, 0.29) is 18.5 Å². The van der Waals surface area contributed by atoms with Gasteiger partial charge in [-0.05, 0) is 37.1 Å². The number of esters is 1. The smallest absolute Gasteiger partial charge is 0.330 e. The van der Waals surface area contributed by atoms with Crippen LogP contribution in [0.15, 0.2) is 30.3 Å². The van der Waals surface area contributed by atoms with Crippen LogP contribution in [-0.2, 0) is 14.3 Å². The van der Waals surface area contributed by atoms with Gasteiger partial charge >= 0.3 is 5.97 Å². The maximum Gasteiger partial charge on any atom is 0.330 e. The Kier molecular flexibility index (Phi) is 7.06. The summed E-state index contributed by atoms with van der Waals surface area (Å²) in [6.45, 7) is 2.10. The molecular weight excluding hydrogens is 258 g/mol. The van der Waals surface area contributed by atoms with Crippen LogP contribution in [0.2, 0.25) is 0 Å². The molecule has 1 rings (SSSR count). The molecule has 0 saturated heterocycles. The number of aliphatic hydroxyl groups excluding tert-OH is 1. The Labute approximate surface area is 118 Å². The minimum atomic E-state index is -0.381. The predicted molar refractivity (Wildman–Crippen MR) is 77.1 cm³/mol. The predicted octanol–water partition coefficient (Wildman–Crippen LogP) is 1.97. The molecule has 0 fully saturated rings. The Balaban J connectivity index is 2.51. The first-order chi connectivity index (χ1) is 9.65. The number of benzene rings is 1. The maximum absolute atomic E-state index is 11.4. The monoisotopic (exact) mass is 277 g/mol. The molecule has 0 aliphatic carbocycles. The van der Waals surface area contributed by atoms with E-state index in [2.05, 4.69) is 5.32 Å². The van der Waals surface area contributed by atoms with Gasteiger partial charge in [-0.15, -0.1) is 0 Å². The molecule has 5 heteroatoms. The fourth-order valence-electron chi connectivity index (χ4n) is 1.50. The number of hydrogen-bond acceptors (Lipinski definition) is 4. The SMILES string of the molecule is CCOC(=O)C=Cc1ccc(NC(=O)CCCO)cc1. The van der Waals surface area contributed by atoms with E-state index < -0.39 is 0 Å². The van der Waals surface area contributed by atoms with Crippen molar-refractivity contribution in [2.75, 3.05) is 18.5 Å². The Hall–Kier alpha value is -2.14. The molecule has 0 heterocycles. The standard InChI is InChI=1S/C15H19NO4/c1-2-20-15(19)10-7-12-5-8-13(9-6-12)16-14(18)4-3-11-17/h5-10,17H,2-4,11H2,1H3,(H,16,18). The van der Waals surface area contributed by atoms with Crippen molar-refractivity contribution in [1.82, 2.24) is 0 Å². The van der Waals surface area contributed by atoms with Gasteiger partial charge < -0.3 is 15.2 Å². The third kappa shape index (κ3) is 6.15. The van der Waals surface area contributed by atoms with Crippen molar-refractivity contribution in [1.29, 1.82) is 0 Å². The molecule has 0 radical (unpaired) electrons. The Morgan fingerprint density at radius 1 is 1.30 bits per heavy atom. The first-order valence-electron chi connectivity index (χ1n) is 6.51. The summed E-state index contributed by atoms with van der Waals surface area (Å²) in [4.78, 5) is 22.6. The quantitative estimate of drug-likeness (QED) is 0.590. The molecule has 0 aromatic heterocycles. The lowest BCUT2D eigenvalue weighted by Crippen LogP contribution is -2.11. The molecule has 1 amide bonds. The number of rotatable bonds is 7. The normalized spacial score (nSPS) is 10.5. The van der Waals surface area contributed by atoms with Crippen molar-refractivity contribution in [3.8, 4) is 0 Å². The molecule has 5 nitrogen and oxygen atoms in total. The highest BCUT2D eigenvalue weighted by Crippen LogP contribution is 2.11. The molecule has 0 aliphatic heterocycles. The summed E-state index contributed by atoms with van der Waals surface area (Å²) in [6, 6.07) is 7.08. The van der Waals surface area contributed by atoms with Crippen molar-refractivity contribution < 1.29 is 19.4 Å². The first-order valence-corrected chi connectivity index (χ1v) is 6.51. The lowest BCUT2D eigenvalue weighted by Gasteiger charge is -2.04. The Morgan fingerprint density at radius 2 is 2.00 bits per heavy atom. The lowest BCUT2D eigenvalue weighted by atomic mass is 10.2. The van der Waals surface area contributed by atoms with Crippen molar-refractivity contribution in [2.45, 2.75) is 19.8 Å². The molecule has 0 bridgehead atoms. The van der Waals surface area contributed by atoms with Gasteiger partial charge in [-0.1, -0.05) is 12.1 Å². The summed E-state index contributed by atoms with van der Waals surface area (Å²) in [5.41, 5.74) is 1.52. The number of anilines is 1. The Bertz CT molecular complexity index is 465. The van der Waals surface area contributed by atoms with Crippen molar-refractivity contribution in [3.63, 3.8) is 0 Å². The van der Waals surface area contributed by atoms with Gasteiger partial charge in [0.2, 0.25) is 5.91 Å². The zero-order valence-electron chi connectivity index (χ0n) is 11.5.